The Bertz CT molecular complexity index is 761. The molecule has 3 rings (SSSR count). The highest BCUT2D eigenvalue weighted by Gasteiger charge is 2.22. The van der Waals surface area contributed by atoms with Crippen molar-refractivity contribution in [1.82, 2.24) is 10.2 Å². The van der Waals surface area contributed by atoms with Gasteiger partial charge in [-0.2, -0.15) is 0 Å². The van der Waals surface area contributed by atoms with E-state index >= 15 is 0 Å². The molecule has 0 radical (unpaired) electrons. The quantitative estimate of drug-likeness (QED) is 0.697. The maximum atomic E-state index is 12.2. The maximum absolute atomic E-state index is 12.2. The molecule has 1 amide bonds. The predicted octanol–water partition coefficient (Wildman–Crippen LogP) is 3.59. The summed E-state index contributed by atoms with van der Waals surface area (Å²) in [6.45, 7) is 8.28. The summed E-state index contributed by atoms with van der Waals surface area (Å²) in [6.07, 6.45) is 2.55. The monoisotopic (exact) mass is 381 g/mol. The predicted molar refractivity (Wildman–Crippen MR) is 114 cm³/mol. The highest BCUT2D eigenvalue weighted by molar-refractivity contribution is 5.91. The first kappa shape index (κ1) is 20.4. The fourth-order valence-corrected chi connectivity index (χ4v) is 3.68. The molecular formula is C23H31N3O2. The van der Waals surface area contributed by atoms with Crippen molar-refractivity contribution >= 4 is 11.6 Å². The van der Waals surface area contributed by atoms with Gasteiger partial charge in [-0.05, 0) is 51.1 Å². The molecule has 1 heterocycles. The van der Waals surface area contributed by atoms with Crippen LogP contribution in [0.5, 0.6) is 5.75 Å². The van der Waals surface area contributed by atoms with Crippen LogP contribution >= 0.6 is 0 Å². The van der Waals surface area contributed by atoms with Crippen molar-refractivity contribution in [3.63, 3.8) is 0 Å². The minimum Gasteiger partial charge on any atom is -0.483 e. The summed E-state index contributed by atoms with van der Waals surface area (Å²) in [5.74, 6) is 0.601. The summed E-state index contributed by atoms with van der Waals surface area (Å²) < 4.78 is 5.80. The molecule has 28 heavy (non-hydrogen) atoms. The Labute approximate surface area is 168 Å². The summed E-state index contributed by atoms with van der Waals surface area (Å²) >= 11 is 0. The van der Waals surface area contributed by atoms with Crippen LogP contribution in [0.25, 0.3) is 0 Å². The smallest absolute Gasteiger partial charge is 0.262 e. The van der Waals surface area contributed by atoms with Crippen molar-refractivity contribution in [2.24, 2.45) is 0 Å². The Balaban J connectivity index is 1.47. The molecule has 0 spiro atoms. The van der Waals surface area contributed by atoms with Crippen LogP contribution in [0.1, 0.15) is 30.9 Å². The Morgan fingerprint density at radius 1 is 1.18 bits per heavy atom. The number of anilines is 1. The molecule has 0 bridgehead atoms. The number of hydrogen-bond donors (Lipinski definition) is 2. The standard InChI is InChI=1S/C23H31N3O2/c1-3-26-14-6-8-21(26)16-24-15-19-7-4-5-9-22(19)28-17-23(27)25-20-12-10-18(2)11-13-20/h4-5,7,9-13,21,24H,3,6,8,14-17H2,1-2H3,(H,25,27)/t21-/m0/s1. The first-order valence-corrected chi connectivity index (χ1v) is 10.2. The van der Waals surface area contributed by atoms with Gasteiger partial charge in [-0.1, -0.05) is 42.8 Å². The highest BCUT2D eigenvalue weighted by Crippen LogP contribution is 2.19. The van der Waals surface area contributed by atoms with Crippen molar-refractivity contribution < 1.29 is 9.53 Å². The molecule has 2 aromatic carbocycles. The Morgan fingerprint density at radius 3 is 2.75 bits per heavy atom. The van der Waals surface area contributed by atoms with Gasteiger partial charge < -0.3 is 15.4 Å². The third-order valence-electron chi connectivity index (χ3n) is 5.27. The fourth-order valence-electron chi connectivity index (χ4n) is 3.68. The molecule has 0 saturated carbocycles. The van der Waals surface area contributed by atoms with Crippen LogP contribution in [0.4, 0.5) is 5.69 Å². The maximum Gasteiger partial charge on any atom is 0.262 e. The Hall–Kier alpha value is -2.37. The average Bonchev–Trinajstić information content (AvgIpc) is 3.16. The second-order valence-corrected chi connectivity index (χ2v) is 7.37. The number of para-hydroxylation sites is 1. The second kappa shape index (κ2) is 10.2. The van der Waals surface area contributed by atoms with Crippen LogP contribution in [0, 0.1) is 6.92 Å². The molecule has 2 N–H and O–H groups in total. The number of aryl methyl sites for hydroxylation is 1. The van der Waals surface area contributed by atoms with E-state index in [9.17, 15) is 4.79 Å². The van der Waals surface area contributed by atoms with E-state index in [1.807, 2.05) is 55.5 Å². The summed E-state index contributed by atoms with van der Waals surface area (Å²) in [5.41, 5.74) is 3.02. The van der Waals surface area contributed by atoms with E-state index in [1.54, 1.807) is 0 Å². The number of carbonyl (C=O) groups is 1. The van der Waals surface area contributed by atoms with E-state index in [2.05, 4.69) is 22.5 Å². The average molecular weight is 382 g/mol. The fraction of sp³-hybridized carbons (Fsp3) is 0.435. The van der Waals surface area contributed by atoms with E-state index in [-0.39, 0.29) is 12.5 Å². The third kappa shape index (κ3) is 5.81. The van der Waals surface area contributed by atoms with Gasteiger partial charge in [0.2, 0.25) is 0 Å². The molecule has 5 nitrogen and oxygen atoms in total. The summed E-state index contributed by atoms with van der Waals surface area (Å²) in [5, 5.41) is 6.42. The van der Waals surface area contributed by atoms with E-state index < -0.39 is 0 Å². The largest absolute Gasteiger partial charge is 0.483 e. The number of rotatable bonds is 9. The molecule has 1 atom stereocenters. The third-order valence-corrected chi connectivity index (χ3v) is 5.27. The Morgan fingerprint density at radius 2 is 1.96 bits per heavy atom. The molecule has 1 aliphatic rings. The number of benzene rings is 2. The number of ether oxygens (including phenoxy) is 1. The van der Waals surface area contributed by atoms with Crippen molar-refractivity contribution in [3.05, 3.63) is 59.7 Å². The van der Waals surface area contributed by atoms with E-state index in [4.69, 9.17) is 4.74 Å². The van der Waals surface area contributed by atoms with Crippen LogP contribution in [0.2, 0.25) is 0 Å². The van der Waals surface area contributed by atoms with Gasteiger partial charge in [0, 0.05) is 30.4 Å². The molecule has 0 aliphatic carbocycles. The molecule has 150 valence electrons. The zero-order valence-electron chi connectivity index (χ0n) is 16.9. The van der Waals surface area contributed by atoms with Crippen molar-refractivity contribution in [2.45, 2.75) is 39.3 Å². The molecule has 0 aromatic heterocycles. The van der Waals surface area contributed by atoms with Crippen LogP contribution in [0.3, 0.4) is 0 Å². The van der Waals surface area contributed by atoms with Gasteiger partial charge in [-0.3, -0.25) is 9.69 Å². The lowest BCUT2D eigenvalue weighted by Crippen LogP contribution is -2.37. The SMILES string of the molecule is CCN1CCC[C@H]1CNCc1ccccc1OCC(=O)Nc1ccc(C)cc1. The molecule has 2 aromatic rings. The molecule has 5 heteroatoms. The zero-order valence-corrected chi connectivity index (χ0v) is 16.9. The number of likely N-dealkylation sites (N-methyl/N-ethyl adjacent to an activating group) is 1. The summed E-state index contributed by atoms with van der Waals surface area (Å²) in [7, 11) is 0. The van der Waals surface area contributed by atoms with Crippen molar-refractivity contribution in [2.75, 3.05) is 31.6 Å². The van der Waals surface area contributed by atoms with Crippen LogP contribution in [-0.4, -0.2) is 43.1 Å². The molecule has 1 saturated heterocycles. The minimum absolute atomic E-state index is 0.00285. The number of amides is 1. The molecule has 0 unspecified atom stereocenters. The molecule has 1 aliphatic heterocycles. The topological polar surface area (TPSA) is 53.6 Å². The van der Waals surface area contributed by atoms with E-state index in [0.29, 0.717) is 6.04 Å². The highest BCUT2D eigenvalue weighted by atomic mass is 16.5. The lowest BCUT2D eigenvalue weighted by atomic mass is 10.2. The van der Waals surface area contributed by atoms with Gasteiger partial charge >= 0.3 is 0 Å². The lowest BCUT2D eigenvalue weighted by molar-refractivity contribution is -0.118. The molecular weight excluding hydrogens is 350 g/mol. The summed E-state index contributed by atoms with van der Waals surface area (Å²) in [6, 6.07) is 16.3. The van der Waals surface area contributed by atoms with Crippen molar-refractivity contribution in [1.29, 1.82) is 0 Å². The van der Waals surface area contributed by atoms with Gasteiger partial charge in [0.1, 0.15) is 5.75 Å². The number of nitrogens with zero attached hydrogens (tertiary/aromatic N) is 1. The zero-order chi connectivity index (χ0) is 19.8. The number of likely N-dealkylation sites (tertiary alicyclic amines) is 1. The molecule has 1 fully saturated rings. The Kier molecular flexibility index (Phi) is 7.46. The number of nitrogens with one attached hydrogen (secondary N) is 2. The van der Waals surface area contributed by atoms with Gasteiger partial charge in [0.15, 0.2) is 6.61 Å². The van der Waals surface area contributed by atoms with Gasteiger partial charge in [0.05, 0.1) is 0 Å². The van der Waals surface area contributed by atoms with Crippen LogP contribution in [0.15, 0.2) is 48.5 Å². The van der Waals surface area contributed by atoms with Gasteiger partial charge in [-0.25, -0.2) is 0 Å². The van der Waals surface area contributed by atoms with Gasteiger partial charge in [0.25, 0.3) is 5.91 Å². The van der Waals surface area contributed by atoms with Crippen molar-refractivity contribution in [3.8, 4) is 5.75 Å². The van der Waals surface area contributed by atoms with Gasteiger partial charge in [-0.15, -0.1) is 0 Å². The van der Waals surface area contributed by atoms with Crippen LogP contribution < -0.4 is 15.4 Å². The van der Waals surface area contributed by atoms with E-state index in [1.165, 1.54) is 19.4 Å². The minimum atomic E-state index is -0.156. The normalized spacial score (nSPS) is 16.9. The van der Waals surface area contributed by atoms with E-state index in [0.717, 1.165) is 42.2 Å². The second-order valence-electron chi connectivity index (χ2n) is 7.37. The lowest BCUT2D eigenvalue weighted by Gasteiger charge is -2.23. The summed E-state index contributed by atoms with van der Waals surface area (Å²) in [4.78, 5) is 14.7. The van der Waals surface area contributed by atoms with Crippen LogP contribution in [-0.2, 0) is 11.3 Å². The first-order valence-electron chi connectivity index (χ1n) is 10.2. The number of hydrogen-bond acceptors (Lipinski definition) is 4. The first-order chi connectivity index (χ1) is 13.7. The number of carbonyl (C=O) groups excluding carboxylic acids is 1.